The zero-order chi connectivity index (χ0) is 24.2. The maximum atomic E-state index is 13.5. The third-order valence-corrected chi connectivity index (χ3v) is 7.31. The summed E-state index contributed by atoms with van der Waals surface area (Å²) in [7, 11) is -2.65. The van der Waals surface area contributed by atoms with Gasteiger partial charge in [0.1, 0.15) is 12.3 Å². The van der Waals surface area contributed by atoms with Crippen LogP contribution < -0.4 is 14.4 Å². The SMILES string of the molecule is COc1ccc(Cl)cc1N(CC(=O)N[C@H](C)c1ccc(C)cc1C)S(=O)(=O)c1ccccc1. The normalized spacial score (nSPS) is 12.2. The van der Waals surface area contributed by atoms with Crippen LogP contribution in [0.1, 0.15) is 29.7 Å². The Morgan fingerprint density at radius 1 is 1.06 bits per heavy atom. The number of benzene rings is 3. The van der Waals surface area contributed by atoms with Crippen molar-refractivity contribution in [3.63, 3.8) is 0 Å². The Kier molecular flexibility index (Phi) is 7.66. The van der Waals surface area contributed by atoms with Gasteiger partial charge in [-0.25, -0.2) is 8.42 Å². The van der Waals surface area contributed by atoms with Gasteiger partial charge >= 0.3 is 0 Å². The summed E-state index contributed by atoms with van der Waals surface area (Å²) in [5, 5.41) is 3.24. The first-order chi connectivity index (χ1) is 15.6. The molecule has 0 heterocycles. The monoisotopic (exact) mass is 486 g/mol. The Balaban J connectivity index is 1.97. The molecule has 0 aliphatic heterocycles. The Morgan fingerprint density at radius 3 is 2.39 bits per heavy atom. The maximum Gasteiger partial charge on any atom is 0.264 e. The van der Waals surface area contributed by atoms with Gasteiger partial charge in [0.2, 0.25) is 5.91 Å². The summed E-state index contributed by atoms with van der Waals surface area (Å²) in [5.41, 5.74) is 3.32. The number of nitrogens with zero attached hydrogens (tertiary/aromatic N) is 1. The van der Waals surface area contributed by atoms with Crippen LogP contribution in [0.5, 0.6) is 5.75 Å². The Bertz CT molecular complexity index is 1250. The topological polar surface area (TPSA) is 75.7 Å². The molecule has 0 unspecified atom stereocenters. The molecule has 6 nitrogen and oxygen atoms in total. The number of hydrogen-bond donors (Lipinski definition) is 1. The van der Waals surface area contributed by atoms with E-state index >= 15 is 0 Å². The van der Waals surface area contributed by atoms with E-state index in [1.165, 1.54) is 25.3 Å². The standard InChI is InChI=1S/C25H27ClN2O4S/c1-17-10-12-22(18(2)14-17)19(3)27-25(29)16-28(23-15-20(26)11-13-24(23)32-4)33(30,31)21-8-6-5-7-9-21/h5-15,19H,16H2,1-4H3,(H,27,29)/t19-/m1/s1. The summed E-state index contributed by atoms with van der Waals surface area (Å²) in [4.78, 5) is 13.1. The van der Waals surface area contributed by atoms with Gasteiger partial charge in [-0.3, -0.25) is 9.10 Å². The minimum Gasteiger partial charge on any atom is -0.495 e. The number of carbonyl (C=O) groups is 1. The summed E-state index contributed by atoms with van der Waals surface area (Å²) in [5.74, 6) is -0.168. The van der Waals surface area contributed by atoms with Crippen molar-refractivity contribution in [2.45, 2.75) is 31.7 Å². The van der Waals surface area contributed by atoms with Gasteiger partial charge < -0.3 is 10.1 Å². The average molecular weight is 487 g/mol. The Morgan fingerprint density at radius 2 is 1.76 bits per heavy atom. The van der Waals surface area contributed by atoms with Crippen molar-refractivity contribution in [2.75, 3.05) is 18.0 Å². The highest BCUT2D eigenvalue weighted by Crippen LogP contribution is 2.34. The fourth-order valence-electron chi connectivity index (χ4n) is 3.68. The molecule has 33 heavy (non-hydrogen) atoms. The van der Waals surface area contributed by atoms with E-state index in [0.29, 0.717) is 5.02 Å². The quantitative estimate of drug-likeness (QED) is 0.484. The zero-order valence-electron chi connectivity index (χ0n) is 19.0. The number of anilines is 1. The fourth-order valence-corrected chi connectivity index (χ4v) is 5.29. The Hall–Kier alpha value is -3.03. The molecule has 0 bridgehead atoms. The largest absolute Gasteiger partial charge is 0.495 e. The molecular weight excluding hydrogens is 460 g/mol. The highest BCUT2D eigenvalue weighted by Gasteiger charge is 2.30. The Labute approximate surface area is 200 Å². The first-order valence-corrected chi connectivity index (χ1v) is 12.2. The number of ether oxygens (including phenoxy) is 1. The highest BCUT2D eigenvalue weighted by atomic mass is 35.5. The summed E-state index contributed by atoms with van der Waals surface area (Å²) >= 11 is 6.17. The molecular formula is C25H27ClN2O4S. The molecule has 1 atom stereocenters. The molecule has 0 aliphatic rings. The van der Waals surface area contributed by atoms with E-state index in [0.717, 1.165) is 21.0 Å². The molecule has 0 radical (unpaired) electrons. The summed E-state index contributed by atoms with van der Waals surface area (Å²) < 4.78 is 33.5. The van der Waals surface area contributed by atoms with Gasteiger partial charge in [-0.1, -0.05) is 53.6 Å². The van der Waals surface area contributed by atoms with Gasteiger partial charge in [-0.15, -0.1) is 0 Å². The molecule has 0 spiro atoms. The molecule has 3 aromatic carbocycles. The van der Waals surface area contributed by atoms with E-state index in [2.05, 4.69) is 5.32 Å². The lowest BCUT2D eigenvalue weighted by Crippen LogP contribution is -2.41. The van der Waals surface area contributed by atoms with Gasteiger partial charge in [0.05, 0.1) is 23.7 Å². The second-order valence-electron chi connectivity index (χ2n) is 7.79. The number of halogens is 1. The van der Waals surface area contributed by atoms with Crippen LogP contribution in [0.3, 0.4) is 0 Å². The summed E-state index contributed by atoms with van der Waals surface area (Å²) in [6, 6.07) is 18.3. The minimum atomic E-state index is -4.08. The fraction of sp³-hybridized carbons (Fsp3) is 0.240. The minimum absolute atomic E-state index is 0.0576. The number of nitrogens with one attached hydrogen (secondary N) is 1. The van der Waals surface area contributed by atoms with Crippen LogP contribution in [0.2, 0.25) is 5.02 Å². The van der Waals surface area contributed by atoms with Crippen LogP contribution in [0.25, 0.3) is 0 Å². The van der Waals surface area contributed by atoms with E-state index in [4.69, 9.17) is 16.3 Å². The number of amides is 1. The number of hydrogen-bond acceptors (Lipinski definition) is 4. The van der Waals surface area contributed by atoms with Gasteiger partial charge in [0.25, 0.3) is 10.0 Å². The molecule has 0 saturated heterocycles. The molecule has 8 heteroatoms. The lowest BCUT2D eigenvalue weighted by atomic mass is 10.0. The van der Waals surface area contributed by atoms with Crippen LogP contribution in [-0.4, -0.2) is 28.0 Å². The number of rotatable bonds is 8. The molecule has 0 aromatic heterocycles. The van der Waals surface area contributed by atoms with Gasteiger partial charge in [0, 0.05) is 5.02 Å². The van der Waals surface area contributed by atoms with Crippen molar-refractivity contribution in [2.24, 2.45) is 0 Å². The van der Waals surface area contributed by atoms with Crippen LogP contribution in [0.4, 0.5) is 5.69 Å². The predicted octanol–water partition coefficient (Wildman–Crippen LogP) is 5.04. The van der Waals surface area contributed by atoms with Gasteiger partial charge in [-0.05, 0) is 62.2 Å². The van der Waals surface area contributed by atoms with Gasteiger partial charge in [-0.2, -0.15) is 0 Å². The molecule has 0 fully saturated rings. The molecule has 3 rings (SSSR count). The third-order valence-electron chi connectivity index (χ3n) is 5.30. The lowest BCUT2D eigenvalue weighted by Gasteiger charge is -2.27. The van der Waals surface area contributed by atoms with Crippen molar-refractivity contribution >= 4 is 33.2 Å². The van der Waals surface area contributed by atoms with Crippen LogP contribution in [0, 0.1) is 13.8 Å². The van der Waals surface area contributed by atoms with Crippen LogP contribution >= 0.6 is 11.6 Å². The first kappa shape index (κ1) is 24.6. The number of sulfonamides is 1. The molecule has 0 aliphatic carbocycles. The van der Waals surface area contributed by atoms with Crippen LogP contribution in [-0.2, 0) is 14.8 Å². The molecule has 1 N–H and O–H groups in total. The molecule has 0 saturated carbocycles. The third kappa shape index (κ3) is 5.67. The predicted molar refractivity (Wildman–Crippen MR) is 131 cm³/mol. The zero-order valence-corrected chi connectivity index (χ0v) is 20.6. The van der Waals surface area contributed by atoms with E-state index in [-0.39, 0.29) is 22.4 Å². The first-order valence-electron chi connectivity index (χ1n) is 10.4. The average Bonchev–Trinajstić information content (AvgIpc) is 2.77. The van der Waals surface area contributed by atoms with E-state index < -0.39 is 22.5 Å². The number of aryl methyl sites for hydroxylation is 2. The van der Waals surface area contributed by atoms with Crippen LogP contribution in [0.15, 0.2) is 71.6 Å². The number of methoxy groups -OCH3 is 1. The van der Waals surface area contributed by atoms with E-state index in [9.17, 15) is 13.2 Å². The summed E-state index contributed by atoms with van der Waals surface area (Å²) in [6.07, 6.45) is 0. The van der Waals surface area contributed by atoms with Crippen molar-refractivity contribution < 1.29 is 17.9 Å². The smallest absolute Gasteiger partial charge is 0.264 e. The second kappa shape index (κ2) is 10.3. The maximum absolute atomic E-state index is 13.5. The molecule has 1 amide bonds. The van der Waals surface area contributed by atoms with Gasteiger partial charge in [0.15, 0.2) is 0 Å². The highest BCUT2D eigenvalue weighted by molar-refractivity contribution is 7.92. The van der Waals surface area contributed by atoms with E-state index in [1.54, 1.807) is 30.3 Å². The number of carbonyl (C=O) groups excluding carboxylic acids is 1. The van der Waals surface area contributed by atoms with E-state index in [1.807, 2.05) is 39.0 Å². The van der Waals surface area contributed by atoms with Crippen molar-refractivity contribution in [3.05, 3.63) is 88.4 Å². The second-order valence-corrected chi connectivity index (χ2v) is 10.1. The van der Waals surface area contributed by atoms with Crippen molar-refractivity contribution in [1.82, 2.24) is 5.32 Å². The summed E-state index contributed by atoms with van der Waals surface area (Å²) in [6.45, 7) is 5.41. The molecule has 174 valence electrons. The van der Waals surface area contributed by atoms with Crippen molar-refractivity contribution in [3.8, 4) is 5.75 Å². The lowest BCUT2D eigenvalue weighted by molar-refractivity contribution is -0.120. The van der Waals surface area contributed by atoms with Crippen molar-refractivity contribution in [1.29, 1.82) is 0 Å². The molecule has 3 aromatic rings.